The number of aliphatic hydroxyl groups excluding tert-OH is 1. The van der Waals surface area contributed by atoms with E-state index < -0.39 is 0 Å². The number of hydrogen-bond donors (Lipinski definition) is 2. The molecule has 1 aliphatic carbocycles. The van der Waals surface area contributed by atoms with Crippen molar-refractivity contribution in [2.45, 2.75) is 25.7 Å². The Morgan fingerprint density at radius 2 is 2.08 bits per heavy atom. The van der Waals surface area contributed by atoms with Crippen molar-refractivity contribution in [2.24, 2.45) is 0 Å². The number of rotatable bonds is 2. The van der Waals surface area contributed by atoms with E-state index in [0.717, 1.165) is 18.4 Å². The molecule has 0 aliphatic heterocycles. The second-order valence-electron chi connectivity index (χ2n) is 3.53. The van der Waals surface area contributed by atoms with Gasteiger partial charge in [-0.15, -0.1) is 0 Å². The lowest BCUT2D eigenvalue weighted by atomic mass is 10.00. The molecule has 2 rings (SSSR count). The smallest absolute Gasteiger partial charge is 0.119 e. The molecule has 70 valence electrons. The first-order chi connectivity index (χ1) is 6.33. The Morgan fingerprint density at radius 1 is 1.23 bits per heavy atom. The van der Waals surface area contributed by atoms with Gasteiger partial charge < -0.3 is 10.2 Å². The van der Waals surface area contributed by atoms with E-state index in [2.05, 4.69) is 0 Å². The number of aryl methyl sites for hydroxylation is 1. The number of hydrogen-bond acceptors (Lipinski definition) is 2. The number of phenols is 1. The van der Waals surface area contributed by atoms with Gasteiger partial charge in [-0.1, -0.05) is 6.07 Å². The molecule has 0 atom stereocenters. The maximum atomic E-state index is 9.59. The van der Waals surface area contributed by atoms with E-state index in [-0.39, 0.29) is 6.61 Å². The monoisotopic (exact) mass is 178 g/mol. The van der Waals surface area contributed by atoms with E-state index in [4.69, 9.17) is 5.11 Å². The summed E-state index contributed by atoms with van der Waals surface area (Å²) in [5, 5.41) is 18.5. The van der Waals surface area contributed by atoms with Crippen molar-refractivity contribution in [3.05, 3.63) is 28.8 Å². The first kappa shape index (κ1) is 8.57. The zero-order valence-electron chi connectivity index (χ0n) is 7.58. The minimum Gasteiger partial charge on any atom is -0.508 e. The van der Waals surface area contributed by atoms with Gasteiger partial charge in [-0.25, -0.2) is 0 Å². The number of aliphatic hydroxyl groups is 1. The SMILES string of the molecule is OCCc1c(O)ccc2c1CCC2. The maximum Gasteiger partial charge on any atom is 0.119 e. The standard InChI is InChI=1S/C11H14O2/c12-7-6-10-9-3-1-2-8(9)4-5-11(10)13/h4-5,12-13H,1-3,6-7H2. The predicted molar refractivity (Wildman–Crippen MR) is 50.9 cm³/mol. The van der Waals surface area contributed by atoms with Crippen LogP contribution in [0.15, 0.2) is 12.1 Å². The zero-order chi connectivity index (χ0) is 9.26. The van der Waals surface area contributed by atoms with Crippen LogP contribution in [0.2, 0.25) is 0 Å². The summed E-state index contributed by atoms with van der Waals surface area (Å²) in [7, 11) is 0. The van der Waals surface area contributed by atoms with Crippen molar-refractivity contribution in [1.82, 2.24) is 0 Å². The highest BCUT2D eigenvalue weighted by Crippen LogP contribution is 2.31. The van der Waals surface area contributed by atoms with Crippen molar-refractivity contribution in [3.63, 3.8) is 0 Å². The van der Waals surface area contributed by atoms with Crippen molar-refractivity contribution in [3.8, 4) is 5.75 Å². The normalized spacial score (nSPS) is 14.5. The third-order valence-electron chi connectivity index (χ3n) is 2.74. The van der Waals surface area contributed by atoms with Gasteiger partial charge >= 0.3 is 0 Å². The fourth-order valence-corrected chi connectivity index (χ4v) is 2.12. The Bertz CT molecular complexity index is 318. The van der Waals surface area contributed by atoms with Crippen molar-refractivity contribution >= 4 is 0 Å². The first-order valence-electron chi connectivity index (χ1n) is 4.76. The fraction of sp³-hybridized carbons (Fsp3) is 0.455. The molecule has 2 heteroatoms. The molecular formula is C11H14O2. The van der Waals surface area contributed by atoms with Gasteiger partial charge in [-0.2, -0.15) is 0 Å². The fourth-order valence-electron chi connectivity index (χ4n) is 2.12. The third kappa shape index (κ3) is 1.42. The summed E-state index contributed by atoms with van der Waals surface area (Å²) in [6.07, 6.45) is 3.93. The van der Waals surface area contributed by atoms with E-state index in [1.807, 2.05) is 6.07 Å². The van der Waals surface area contributed by atoms with E-state index in [1.54, 1.807) is 6.07 Å². The molecular weight excluding hydrogens is 164 g/mol. The van der Waals surface area contributed by atoms with Gasteiger partial charge in [0.25, 0.3) is 0 Å². The molecule has 0 heterocycles. The Labute approximate surface area is 77.8 Å². The van der Waals surface area contributed by atoms with Crippen LogP contribution < -0.4 is 0 Å². The Kier molecular flexibility index (Phi) is 2.23. The second-order valence-corrected chi connectivity index (χ2v) is 3.53. The molecule has 0 saturated carbocycles. The van der Waals surface area contributed by atoms with Gasteiger partial charge in [-0.05, 0) is 48.4 Å². The Balaban J connectivity index is 2.45. The lowest BCUT2D eigenvalue weighted by Gasteiger charge is -2.08. The molecule has 0 bridgehead atoms. The van der Waals surface area contributed by atoms with Crippen molar-refractivity contribution < 1.29 is 10.2 Å². The van der Waals surface area contributed by atoms with Crippen LogP contribution in [0, 0.1) is 0 Å². The van der Waals surface area contributed by atoms with E-state index in [1.165, 1.54) is 17.5 Å². The van der Waals surface area contributed by atoms with Crippen LogP contribution >= 0.6 is 0 Å². The van der Waals surface area contributed by atoms with Crippen molar-refractivity contribution in [1.29, 1.82) is 0 Å². The minimum atomic E-state index is 0.115. The number of fused-ring (bicyclic) bond motifs is 1. The average molecular weight is 178 g/mol. The van der Waals surface area contributed by atoms with Crippen LogP contribution in [0.3, 0.4) is 0 Å². The summed E-state index contributed by atoms with van der Waals surface area (Å²) in [6.45, 7) is 0.115. The molecule has 13 heavy (non-hydrogen) atoms. The molecule has 0 aromatic heterocycles. The lowest BCUT2D eigenvalue weighted by Crippen LogP contribution is -1.97. The number of aromatic hydroxyl groups is 1. The highest BCUT2D eigenvalue weighted by molar-refractivity contribution is 5.46. The van der Waals surface area contributed by atoms with Crippen LogP contribution in [0.5, 0.6) is 5.75 Å². The molecule has 0 spiro atoms. The number of benzene rings is 1. The quantitative estimate of drug-likeness (QED) is 0.719. The van der Waals surface area contributed by atoms with Gasteiger partial charge in [0.2, 0.25) is 0 Å². The highest BCUT2D eigenvalue weighted by atomic mass is 16.3. The van der Waals surface area contributed by atoms with Crippen molar-refractivity contribution in [2.75, 3.05) is 6.61 Å². The van der Waals surface area contributed by atoms with Gasteiger partial charge in [0.05, 0.1) is 0 Å². The van der Waals surface area contributed by atoms with E-state index >= 15 is 0 Å². The molecule has 0 saturated heterocycles. The van der Waals surface area contributed by atoms with Crippen LogP contribution in [0.1, 0.15) is 23.1 Å². The molecule has 0 amide bonds. The molecule has 0 fully saturated rings. The summed E-state index contributed by atoms with van der Waals surface area (Å²) in [4.78, 5) is 0. The molecule has 0 unspecified atom stereocenters. The first-order valence-corrected chi connectivity index (χ1v) is 4.76. The highest BCUT2D eigenvalue weighted by Gasteiger charge is 2.16. The Morgan fingerprint density at radius 3 is 2.85 bits per heavy atom. The van der Waals surface area contributed by atoms with Gasteiger partial charge in [-0.3, -0.25) is 0 Å². The summed E-state index contributed by atoms with van der Waals surface area (Å²) >= 11 is 0. The van der Waals surface area contributed by atoms with Crippen LogP contribution in [-0.4, -0.2) is 16.8 Å². The van der Waals surface area contributed by atoms with Gasteiger partial charge in [0.15, 0.2) is 0 Å². The predicted octanol–water partition coefficient (Wildman–Crippen LogP) is 1.42. The third-order valence-corrected chi connectivity index (χ3v) is 2.74. The number of phenolic OH excluding ortho intramolecular Hbond substituents is 1. The van der Waals surface area contributed by atoms with Crippen LogP contribution in [0.25, 0.3) is 0 Å². The summed E-state index contributed by atoms with van der Waals surface area (Å²) < 4.78 is 0. The molecule has 0 radical (unpaired) electrons. The summed E-state index contributed by atoms with van der Waals surface area (Å²) in [5.74, 6) is 0.342. The van der Waals surface area contributed by atoms with E-state index in [0.29, 0.717) is 12.2 Å². The Hall–Kier alpha value is -1.02. The lowest BCUT2D eigenvalue weighted by molar-refractivity contribution is 0.297. The summed E-state index contributed by atoms with van der Waals surface area (Å²) in [6, 6.07) is 3.74. The molecule has 1 aliphatic rings. The topological polar surface area (TPSA) is 40.5 Å². The van der Waals surface area contributed by atoms with Gasteiger partial charge in [0, 0.05) is 6.61 Å². The maximum absolute atomic E-state index is 9.59. The average Bonchev–Trinajstić information content (AvgIpc) is 2.58. The summed E-state index contributed by atoms with van der Waals surface area (Å²) in [5.41, 5.74) is 3.58. The molecule has 2 nitrogen and oxygen atoms in total. The minimum absolute atomic E-state index is 0.115. The largest absolute Gasteiger partial charge is 0.508 e. The molecule has 1 aromatic rings. The van der Waals surface area contributed by atoms with E-state index in [9.17, 15) is 5.11 Å². The van der Waals surface area contributed by atoms with Gasteiger partial charge in [0.1, 0.15) is 5.75 Å². The molecule has 1 aromatic carbocycles. The molecule has 2 N–H and O–H groups in total. The van der Waals surface area contributed by atoms with Crippen LogP contribution in [-0.2, 0) is 19.3 Å². The zero-order valence-corrected chi connectivity index (χ0v) is 7.58. The second kappa shape index (κ2) is 3.38. The van der Waals surface area contributed by atoms with Crippen LogP contribution in [0.4, 0.5) is 0 Å².